The highest BCUT2D eigenvalue weighted by molar-refractivity contribution is 5.77. The van der Waals surface area contributed by atoms with Crippen molar-refractivity contribution in [2.24, 2.45) is 11.1 Å². The second-order valence-corrected chi connectivity index (χ2v) is 4.90. The highest BCUT2D eigenvalue weighted by Crippen LogP contribution is 2.43. The number of amides is 1. The van der Waals surface area contributed by atoms with E-state index in [1.54, 1.807) is 0 Å². The van der Waals surface area contributed by atoms with Gasteiger partial charge in [-0.3, -0.25) is 4.79 Å². The first-order valence-corrected chi connectivity index (χ1v) is 6.73. The smallest absolute Gasteiger partial charge is 0.223 e. The van der Waals surface area contributed by atoms with Crippen molar-refractivity contribution in [3.05, 3.63) is 0 Å². The molecule has 0 spiro atoms. The van der Waals surface area contributed by atoms with Crippen LogP contribution in [0.25, 0.3) is 0 Å². The van der Waals surface area contributed by atoms with E-state index >= 15 is 0 Å². The molecule has 1 rings (SSSR count). The Kier molecular flexibility index (Phi) is 5.92. The Labute approximate surface area is 104 Å². The molecule has 1 aliphatic carbocycles. The third-order valence-corrected chi connectivity index (χ3v) is 3.82. The molecule has 1 aliphatic rings. The van der Waals surface area contributed by atoms with Crippen LogP contribution in [0.1, 0.15) is 39.5 Å². The molecule has 4 heteroatoms. The van der Waals surface area contributed by atoms with Crippen LogP contribution in [-0.2, 0) is 9.53 Å². The first-order chi connectivity index (χ1) is 8.17. The largest absolute Gasteiger partial charge is 0.380 e. The summed E-state index contributed by atoms with van der Waals surface area (Å²) in [5.41, 5.74) is 5.89. The van der Waals surface area contributed by atoms with E-state index in [1.807, 2.05) is 18.7 Å². The Balaban J connectivity index is 2.37. The predicted octanol–water partition coefficient (Wildman–Crippen LogP) is 1.39. The summed E-state index contributed by atoms with van der Waals surface area (Å²) >= 11 is 0. The maximum atomic E-state index is 12.2. The van der Waals surface area contributed by atoms with Crippen molar-refractivity contribution in [3.63, 3.8) is 0 Å². The van der Waals surface area contributed by atoms with E-state index in [2.05, 4.69) is 0 Å². The Hall–Kier alpha value is -0.610. The summed E-state index contributed by atoms with van der Waals surface area (Å²) in [4.78, 5) is 14.0. The molecule has 0 aromatic heterocycles. The maximum Gasteiger partial charge on any atom is 0.223 e. The topological polar surface area (TPSA) is 55.6 Å². The molecule has 0 heterocycles. The summed E-state index contributed by atoms with van der Waals surface area (Å²) in [6.07, 6.45) is 4.05. The lowest BCUT2D eigenvalue weighted by atomic mass is 9.66. The van der Waals surface area contributed by atoms with Crippen LogP contribution in [0.5, 0.6) is 0 Å². The second kappa shape index (κ2) is 6.97. The lowest BCUT2D eigenvalue weighted by Crippen LogP contribution is -2.44. The van der Waals surface area contributed by atoms with Crippen LogP contribution in [0.3, 0.4) is 0 Å². The lowest BCUT2D eigenvalue weighted by Gasteiger charge is -2.41. The monoisotopic (exact) mass is 242 g/mol. The summed E-state index contributed by atoms with van der Waals surface area (Å²) in [5.74, 6) is 0.234. The SMILES string of the molecule is CCOCCN(CC)C(=O)CC1(CN)CCC1. The molecule has 1 fully saturated rings. The summed E-state index contributed by atoms with van der Waals surface area (Å²) in [6.45, 7) is 7.41. The third-order valence-electron chi connectivity index (χ3n) is 3.82. The fourth-order valence-electron chi connectivity index (χ4n) is 2.34. The highest BCUT2D eigenvalue weighted by atomic mass is 16.5. The van der Waals surface area contributed by atoms with Gasteiger partial charge in [0.15, 0.2) is 0 Å². The van der Waals surface area contributed by atoms with Gasteiger partial charge in [-0.1, -0.05) is 6.42 Å². The van der Waals surface area contributed by atoms with Crippen molar-refractivity contribution < 1.29 is 9.53 Å². The minimum absolute atomic E-state index is 0.107. The van der Waals surface area contributed by atoms with Gasteiger partial charge in [-0.25, -0.2) is 0 Å². The van der Waals surface area contributed by atoms with Crippen LogP contribution in [0, 0.1) is 5.41 Å². The lowest BCUT2D eigenvalue weighted by molar-refractivity contribution is -0.135. The first kappa shape index (κ1) is 14.5. The molecule has 1 amide bonds. The maximum absolute atomic E-state index is 12.2. The van der Waals surface area contributed by atoms with Gasteiger partial charge >= 0.3 is 0 Å². The van der Waals surface area contributed by atoms with Gasteiger partial charge in [0, 0.05) is 26.1 Å². The molecular weight excluding hydrogens is 216 g/mol. The van der Waals surface area contributed by atoms with E-state index < -0.39 is 0 Å². The first-order valence-electron chi connectivity index (χ1n) is 6.73. The second-order valence-electron chi connectivity index (χ2n) is 4.90. The van der Waals surface area contributed by atoms with E-state index in [-0.39, 0.29) is 11.3 Å². The number of likely N-dealkylation sites (N-methyl/N-ethyl adjacent to an activating group) is 1. The van der Waals surface area contributed by atoms with E-state index in [9.17, 15) is 4.79 Å². The van der Waals surface area contributed by atoms with Crippen molar-refractivity contribution in [1.82, 2.24) is 4.90 Å². The average molecular weight is 242 g/mol. The molecule has 0 unspecified atom stereocenters. The number of carbonyl (C=O) groups excluding carboxylic acids is 1. The minimum atomic E-state index is 0.107. The molecular formula is C13H26N2O2. The Morgan fingerprint density at radius 2 is 2.12 bits per heavy atom. The van der Waals surface area contributed by atoms with Crippen LogP contribution < -0.4 is 5.73 Å². The quantitative estimate of drug-likeness (QED) is 0.654. The Bertz CT molecular complexity index is 234. The van der Waals surface area contributed by atoms with Crippen LogP contribution in [0.2, 0.25) is 0 Å². The predicted molar refractivity (Wildman–Crippen MR) is 68.7 cm³/mol. The molecule has 100 valence electrons. The van der Waals surface area contributed by atoms with Crippen molar-refractivity contribution >= 4 is 5.91 Å². The van der Waals surface area contributed by atoms with Crippen molar-refractivity contribution in [2.75, 3.05) is 32.8 Å². The summed E-state index contributed by atoms with van der Waals surface area (Å²) < 4.78 is 5.29. The van der Waals surface area contributed by atoms with Gasteiger partial charge in [-0.2, -0.15) is 0 Å². The Morgan fingerprint density at radius 3 is 2.53 bits per heavy atom. The van der Waals surface area contributed by atoms with Gasteiger partial charge in [0.05, 0.1) is 6.61 Å². The number of ether oxygens (including phenoxy) is 1. The van der Waals surface area contributed by atoms with Crippen molar-refractivity contribution in [1.29, 1.82) is 0 Å². The average Bonchev–Trinajstić information content (AvgIpc) is 2.29. The summed E-state index contributed by atoms with van der Waals surface area (Å²) in [6, 6.07) is 0. The zero-order valence-electron chi connectivity index (χ0n) is 11.2. The van der Waals surface area contributed by atoms with E-state index in [0.29, 0.717) is 32.7 Å². The Morgan fingerprint density at radius 1 is 1.41 bits per heavy atom. The van der Waals surface area contributed by atoms with Gasteiger partial charge in [0.2, 0.25) is 5.91 Å². The molecule has 0 radical (unpaired) electrons. The molecule has 0 aromatic carbocycles. The van der Waals surface area contributed by atoms with Crippen LogP contribution in [-0.4, -0.2) is 43.7 Å². The number of carbonyl (C=O) groups is 1. The molecule has 0 aromatic rings. The number of hydrogen-bond donors (Lipinski definition) is 1. The minimum Gasteiger partial charge on any atom is -0.380 e. The molecule has 0 bridgehead atoms. The molecule has 17 heavy (non-hydrogen) atoms. The number of rotatable bonds is 8. The molecule has 0 saturated heterocycles. The zero-order chi connectivity index (χ0) is 12.7. The van der Waals surface area contributed by atoms with Gasteiger partial charge < -0.3 is 15.4 Å². The van der Waals surface area contributed by atoms with Crippen LogP contribution >= 0.6 is 0 Å². The standard InChI is InChI=1S/C13H26N2O2/c1-3-15(8-9-17-4-2)12(16)10-13(11-14)6-5-7-13/h3-11,14H2,1-2H3. The summed E-state index contributed by atoms with van der Waals surface area (Å²) in [5, 5.41) is 0. The third kappa shape index (κ3) is 3.96. The van der Waals surface area contributed by atoms with Crippen LogP contribution in [0.4, 0.5) is 0 Å². The number of nitrogens with two attached hydrogens (primary N) is 1. The van der Waals surface area contributed by atoms with E-state index in [4.69, 9.17) is 10.5 Å². The summed E-state index contributed by atoms with van der Waals surface area (Å²) in [7, 11) is 0. The molecule has 1 saturated carbocycles. The van der Waals surface area contributed by atoms with Crippen molar-refractivity contribution in [2.45, 2.75) is 39.5 Å². The van der Waals surface area contributed by atoms with Gasteiger partial charge in [0.25, 0.3) is 0 Å². The van der Waals surface area contributed by atoms with E-state index in [1.165, 1.54) is 6.42 Å². The van der Waals surface area contributed by atoms with Gasteiger partial charge in [0.1, 0.15) is 0 Å². The molecule has 4 nitrogen and oxygen atoms in total. The molecule has 0 aliphatic heterocycles. The molecule has 0 atom stereocenters. The fourth-order valence-corrected chi connectivity index (χ4v) is 2.34. The molecule has 2 N–H and O–H groups in total. The highest BCUT2D eigenvalue weighted by Gasteiger charge is 2.38. The van der Waals surface area contributed by atoms with Gasteiger partial charge in [-0.15, -0.1) is 0 Å². The van der Waals surface area contributed by atoms with Crippen LogP contribution in [0.15, 0.2) is 0 Å². The normalized spacial score (nSPS) is 17.6. The fraction of sp³-hybridized carbons (Fsp3) is 0.923. The zero-order valence-corrected chi connectivity index (χ0v) is 11.2. The van der Waals surface area contributed by atoms with Crippen molar-refractivity contribution in [3.8, 4) is 0 Å². The van der Waals surface area contributed by atoms with Gasteiger partial charge in [-0.05, 0) is 38.6 Å². The number of nitrogens with zero attached hydrogens (tertiary/aromatic N) is 1. The van der Waals surface area contributed by atoms with E-state index in [0.717, 1.165) is 19.4 Å². The number of hydrogen-bond acceptors (Lipinski definition) is 3.